The molecule has 0 bridgehead atoms. The fourth-order valence-corrected chi connectivity index (χ4v) is 7.92. The number of hydrogen-bond acceptors (Lipinski definition) is 4. The van der Waals surface area contributed by atoms with Crippen molar-refractivity contribution in [2.45, 2.75) is 128 Å². The number of rotatable bonds is 9. The molecule has 4 rings (SSSR count). The van der Waals surface area contributed by atoms with Gasteiger partial charge in [-0.2, -0.15) is 0 Å². The van der Waals surface area contributed by atoms with Crippen molar-refractivity contribution in [1.29, 1.82) is 0 Å². The van der Waals surface area contributed by atoms with Gasteiger partial charge < -0.3 is 13.6 Å². The summed E-state index contributed by atoms with van der Waals surface area (Å²) in [5, 5.41) is 0.974. The van der Waals surface area contributed by atoms with Gasteiger partial charge in [0.2, 0.25) is 5.88 Å². The normalized spacial score (nSPS) is 20.9. The van der Waals surface area contributed by atoms with Crippen LogP contribution in [-0.2, 0) is 4.43 Å². The molecule has 2 aliphatic carbocycles. The number of allylic oxidation sites excluding steroid dienone is 1. The van der Waals surface area contributed by atoms with Gasteiger partial charge >= 0.3 is 0 Å². The fourth-order valence-electron chi connectivity index (χ4n) is 5.18. The number of pyridine rings is 1. The molecule has 0 unspecified atom stereocenters. The summed E-state index contributed by atoms with van der Waals surface area (Å²) >= 11 is 6.92. The third-order valence-corrected chi connectivity index (χ3v) is 19.4. The zero-order valence-corrected chi connectivity index (χ0v) is 30.7. The maximum absolute atomic E-state index is 6.92. The molecule has 0 spiro atoms. The van der Waals surface area contributed by atoms with E-state index in [9.17, 15) is 0 Å². The smallest absolute Gasteiger partial charge is 0.250 e. The molecule has 7 heteroatoms. The summed E-state index contributed by atoms with van der Waals surface area (Å²) in [6.45, 7) is 23.0. The lowest BCUT2D eigenvalue weighted by Gasteiger charge is -2.41. The summed E-state index contributed by atoms with van der Waals surface area (Å²) in [4.78, 5) is 5.05. The van der Waals surface area contributed by atoms with Gasteiger partial charge in [-0.15, -0.1) is 0 Å². The standard InChI is InChI=1S/C35H54ClNO3Si2/c1-34(2,3)41(8,9)39-27-17-12-24(13-18-27)22-29(31-20-19-28(25-14-15-25)33(37-31)38-7)26-16-21-32(30(36)23-26)40-42(10,11)35(4,5)6/h16,19-25,27H,12-15,17-18H2,1-11H3/t24-,27+. The largest absolute Gasteiger partial charge is 0.543 e. The highest BCUT2D eigenvalue weighted by Gasteiger charge is 2.40. The van der Waals surface area contributed by atoms with Crippen molar-refractivity contribution in [3.05, 3.63) is 58.3 Å². The second-order valence-corrected chi connectivity index (χ2v) is 25.5. The third-order valence-electron chi connectivity index (χ3n) is 10.2. The Morgan fingerprint density at radius 2 is 1.48 bits per heavy atom. The van der Waals surface area contributed by atoms with E-state index >= 15 is 0 Å². The molecule has 42 heavy (non-hydrogen) atoms. The van der Waals surface area contributed by atoms with Gasteiger partial charge in [-0.3, -0.25) is 0 Å². The van der Waals surface area contributed by atoms with Gasteiger partial charge in [0.15, 0.2) is 8.32 Å². The molecule has 4 nitrogen and oxygen atoms in total. The second kappa shape index (κ2) is 12.4. The molecule has 2 aliphatic rings. The Bertz CT molecular complexity index is 1280. The topological polar surface area (TPSA) is 40.6 Å². The summed E-state index contributed by atoms with van der Waals surface area (Å²) in [7, 11) is -2.06. The Kier molecular flexibility index (Phi) is 9.84. The minimum absolute atomic E-state index is 0.0942. The van der Waals surface area contributed by atoms with Crippen LogP contribution in [0.5, 0.6) is 11.6 Å². The van der Waals surface area contributed by atoms with Crippen LogP contribution < -0.4 is 9.16 Å². The van der Waals surface area contributed by atoms with Gasteiger partial charge in [0.05, 0.1) is 17.8 Å². The van der Waals surface area contributed by atoms with E-state index in [1.54, 1.807) is 7.11 Å². The highest BCUT2D eigenvalue weighted by molar-refractivity contribution is 6.75. The van der Waals surface area contributed by atoms with Crippen LogP contribution in [-0.4, -0.2) is 34.8 Å². The summed E-state index contributed by atoms with van der Waals surface area (Å²) in [5.41, 5.74) is 4.34. The number of hydrogen-bond donors (Lipinski definition) is 0. The van der Waals surface area contributed by atoms with Gasteiger partial charge in [-0.1, -0.05) is 71.4 Å². The number of halogens is 1. The summed E-state index contributed by atoms with van der Waals surface area (Å²) in [6.07, 6.45) is 9.63. The summed E-state index contributed by atoms with van der Waals surface area (Å²) in [5.74, 6) is 2.55. The summed E-state index contributed by atoms with van der Waals surface area (Å²) in [6, 6.07) is 10.6. The molecule has 0 atom stereocenters. The van der Waals surface area contributed by atoms with Crippen LogP contribution in [0.1, 0.15) is 103 Å². The zero-order chi connectivity index (χ0) is 31.1. The highest BCUT2D eigenvalue weighted by Crippen LogP contribution is 2.45. The average Bonchev–Trinajstić information content (AvgIpc) is 3.73. The van der Waals surface area contributed by atoms with Gasteiger partial charge in [0, 0.05) is 17.2 Å². The molecular weight excluding hydrogens is 574 g/mol. The maximum Gasteiger partial charge on any atom is 0.250 e. The van der Waals surface area contributed by atoms with Crippen LogP contribution in [0, 0.1) is 5.92 Å². The van der Waals surface area contributed by atoms with E-state index in [2.05, 4.69) is 98.1 Å². The third kappa shape index (κ3) is 7.72. The van der Waals surface area contributed by atoms with E-state index in [1.165, 1.54) is 18.4 Å². The molecule has 0 amide bonds. The van der Waals surface area contributed by atoms with Crippen LogP contribution in [0.25, 0.3) is 5.57 Å². The Balaban J connectivity index is 1.64. The van der Waals surface area contributed by atoms with E-state index in [0.29, 0.717) is 23.0 Å². The van der Waals surface area contributed by atoms with Crippen LogP contribution in [0.15, 0.2) is 36.4 Å². The number of nitrogens with zero attached hydrogens (tertiary/aromatic N) is 1. The van der Waals surface area contributed by atoms with Crippen LogP contribution in [0.2, 0.25) is 41.3 Å². The molecule has 2 fully saturated rings. The molecule has 2 saturated carbocycles. The van der Waals surface area contributed by atoms with Crippen molar-refractivity contribution in [3.63, 3.8) is 0 Å². The minimum atomic E-state index is -2.02. The lowest BCUT2D eigenvalue weighted by Crippen LogP contribution is -2.44. The molecular formula is C35H54ClNO3Si2. The Labute approximate surface area is 262 Å². The predicted octanol–water partition coefficient (Wildman–Crippen LogP) is 11.0. The van der Waals surface area contributed by atoms with Crippen molar-refractivity contribution >= 4 is 33.8 Å². The summed E-state index contributed by atoms with van der Waals surface area (Å²) < 4.78 is 19.2. The average molecular weight is 628 g/mol. The first-order valence-corrected chi connectivity index (χ1v) is 22.0. The van der Waals surface area contributed by atoms with Crippen molar-refractivity contribution in [3.8, 4) is 11.6 Å². The number of benzene rings is 1. The minimum Gasteiger partial charge on any atom is -0.543 e. The number of aromatic nitrogens is 1. The number of ether oxygens (including phenoxy) is 1. The van der Waals surface area contributed by atoms with Gasteiger partial charge in [-0.25, -0.2) is 4.98 Å². The second-order valence-electron chi connectivity index (χ2n) is 15.6. The van der Waals surface area contributed by atoms with Crippen molar-refractivity contribution in [2.75, 3.05) is 7.11 Å². The van der Waals surface area contributed by atoms with E-state index in [4.69, 9.17) is 30.2 Å². The highest BCUT2D eigenvalue weighted by atomic mass is 35.5. The molecule has 0 aliphatic heterocycles. The van der Waals surface area contributed by atoms with Crippen molar-refractivity contribution in [2.24, 2.45) is 5.92 Å². The van der Waals surface area contributed by atoms with Gasteiger partial charge in [0.1, 0.15) is 5.75 Å². The van der Waals surface area contributed by atoms with E-state index in [-0.39, 0.29) is 10.1 Å². The molecule has 2 aromatic rings. The maximum atomic E-state index is 6.92. The van der Waals surface area contributed by atoms with E-state index in [1.807, 2.05) is 6.07 Å². The fraction of sp³-hybridized carbons (Fsp3) is 0.629. The van der Waals surface area contributed by atoms with Gasteiger partial charge in [-0.05, 0) is 110 Å². The molecule has 0 N–H and O–H groups in total. The first-order chi connectivity index (χ1) is 19.4. The quantitative estimate of drug-likeness (QED) is 0.259. The predicted molar refractivity (Wildman–Crippen MR) is 183 cm³/mol. The van der Waals surface area contributed by atoms with Crippen molar-refractivity contribution in [1.82, 2.24) is 4.98 Å². The Morgan fingerprint density at radius 3 is 2.00 bits per heavy atom. The number of methoxy groups -OCH3 is 1. The SMILES string of the molecule is COc1nc(C(=C[C@H]2CC[C@@H](O[Si](C)(C)C(C)(C)C)CC2)c2ccc(O[Si](C)(C)C(C)(C)C)c(Cl)c2)ccc1C1CC1. The lowest BCUT2D eigenvalue weighted by atomic mass is 9.84. The monoisotopic (exact) mass is 627 g/mol. The van der Waals surface area contributed by atoms with Crippen LogP contribution in [0.4, 0.5) is 0 Å². The molecule has 0 radical (unpaired) electrons. The molecule has 0 saturated heterocycles. The Hall–Kier alpha value is -1.61. The Morgan fingerprint density at radius 1 is 0.857 bits per heavy atom. The zero-order valence-electron chi connectivity index (χ0n) is 28.0. The van der Waals surface area contributed by atoms with E-state index < -0.39 is 16.6 Å². The first kappa shape index (κ1) is 33.3. The van der Waals surface area contributed by atoms with Crippen molar-refractivity contribution < 1.29 is 13.6 Å². The lowest BCUT2D eigenvalue weighted by molar-refractivity contribution is 0.125. The molecule has 1 heterocycles. The van der Waals surface area contributed by atoms with Gasteiger partial charge in [0.25, 0.3) is 8.32 Å². The molecule has 1 aromatic heterocycles. The molecule has 232 valence electrons. The van der Waals surface area contributed by atoms with E-state index in [0.717, 1.165) is 54.1 Å². The van der Waals surface area contributed by atoms with Crippen LogP contribution in [0.3, 0.4) is 0 Å². The first-order valence-electron chi connectivity index (χ1n) is 15.9. The van der Waals surface area contributed by atoms with Crippen LogP contribution >= 0.6 is 11.6 Å². The molecule has 1 aromatic carbocycles.